The molecular weight excluding hydrogens is 364 g/mol. The molecule has 0 saturated carbocycles. The Labute approximate surface area is 172 Å². The van der Waals surface area contributed by atoms with Gasteiger partial charge in [0.2, 0.25) is 0 Å². The van der Waals surface area contributed by atoms with Gasteiger partial charge in [-0.2, -0.15) is 0 Å². The Balaban J connectivity index is 1.66. The number of para-hydroxylation sites is 3. The first-order valence-corrected chi connectivity index (χ1v) is 9.64. The Kier molecular flexibility index (Phi) is 6.75. The highest BCUT2D eigenvalue weighted by Gasteiger charge is 2.13. The van der Waals surface area contributed by atoms with E-state index in [-0.39, 0.29) is 11.5 Å². The van der Waals surface area contributed by atoms with E-state index in [0.717, 1.165) is 22.3 Å². The highest BCUT2D eigenvalue weighted by molar-refractivity contribution is 5.41. The predicted octanol–water partition coefficient (Wildman–Crippen LogP) is 4.07. The number of hydrogen-bond acceptors (Lipinski definition) is 5. The van der Waals surface area contributed by atoms with Gasteiger partial charge in [-0.1, -0.05) is 54.6 Å². The predicted molar refractivity (Wildman–Crippen MR) is 115 cm³/mol. The molecule has 0 atom stereocenters. The fraction of sp³-hybridized carbons (Fsp3) is 0.250. The van der Waals surface area contributed by atoms with Crippen LogP contribution in [-0.2, 0) is 26.2 Å². The zero-order valence-electron chi connectivity index (χ0n) is 16.9. The summed E-state index contributed by atoms with van der Waals surface area (Å²) in [7, 11) is 3.92. The van der Waals surface area contributed by atoms with E-state index >= 15 is 0 Å². The van der Waals surface area contributed by atoms with Crippen molar-refractivity contribution in [1.29, 1.82) is 0 Å². The Morgan fingerprint density at radius 3 is 1.28 bits per heavy atom. The van der Waals surface area contributed by atoms with E-state index < -0.39 is 0 Å². The molecule has 29 heavy (non-hydrogen) atoms. The lowest BCUT2D eigenvalue weighted by Crippen LogP contribution is -2.19. The molecule has 0 spiro atoms. The van der Waals surface area contributed by atoms with Gasteiger partial charge >= 0.3 is 0 Å². The highest BCUT2D eigenvalue weighted by atomic mass is 16.3. The van der Waals surface area contributed by atoms with Gasteiger partial charge in [0.05, 0.1) is 0 Å². The summed E-state index contributed by atoms with van der Waals surface area (Å²) >= 11 is 0. The van der Waals surface area contributed by atoms with E-state index in [4.69, 9.17) is 0 Å². The zero-order valence-corrected chi connectivity index (χ0v) is 16.9. The quantitative estimate of drug-likeness (QED) is 0.539. The van der Waals surface area contributed by atoms with E-state index in [2.05, 4.69) is 9.80 Å². The van der Waals surface area contributed by atoms with Crippen molar-refractivity contribution in [1.82, 2.24) is 9.80 Å². The summed E-state index contributed by atoms with van der Waals surface area (Å²) in [5.74, 6) is 0.854. The molecular formula is C24H28N2O3. The molecule has 3 N–H and O–H groups in total. The number of phenolic OH excluding ortho intramolecular Hbond substituents is 3. The van der Waals surface area contributed by atoms with Gasteiger partial charge in [0.1, 0.15) is 17.2 Å². The molecule has 3 rings (SSSR count). The van der Waals surface area contributed by atoms with Gasteiger partial charge in [0, 0.05) is 48.4 Å². The lowest BCUT2D eigenvalue weighted by molar-refractivity contribution is 0.297. The van der Waals surface area contributed by atoms with Gasteiger partial charge in [-0.25, -0.2) is 0 Å². The molecule has 3 aromatic rings. The van der Waals surface area contributed by atoms with Crippen molar-refractivity contribution in [3.63, 3.8) is 0 Å². The molecule has 0 aliphatic carbocycles. The Morgan fingerprint density at radius 1 is 0.517 bits per heavy atom. The van der Waals surface area contributed by atoms with E-state index in [1.165, 1.54) is 0 Å². The lowest BCUT2D eigenvalue weighted by Gasteiger charge is -2.21. The topological polar surface area (TPSA) is 67.2 Å². The Hall–Kier alpha value is -3.02. The summed E-state index contributed by atoms with van der Waals surface area (Å²) in [5.41, 5.74) is 3.40. The molecule has 0 aliphatic heterocycles. The van der Waals surface area contributed by atoms with Gasteiger partial charge in [0.25, 0.3) is 0 Å². The standard InChI is InChI=1S/C24H28N2O3/c1-25(14-18-8-3-5-12-22(18)27)16-20-10-7-11-21(24(20)29)17-26(2)15-19-9-4-6-13-23(19)28/h3-13,27-29H,14-17H2,1-2H3. The minimum absolute atomic E-state index is 0.281. The fourth-order valence-electron chi connectivity index (χ4n) is 3.46. The largest absolute Gasteiger partial charge is 0.508 e. The average molecular weight is 392 g/mol. The Morgan fingerprint density at radius 2 is 0.862 bits per heavy atom. The first kappa shape index (κ1) is 20.7. The van der Waals surface area contributed by atoms with Crippen molar-refractivity contribution in [3.05, 3.63) is 89.0 Å². The van der Waals surface area contributed by atoms with E-state index in [9.17, 15) is 15.3 Å². The van der Waals surface area contributed by atoms with Crippen LogP contribution in [0, 0.1) is 0 Å². The maximum absolute atomic E-state index is 10.8. The smallest absolute Gasteiger partial charge is 0.124 e. The zero-order chi connectivity index (χ0) is 20.8. The minimum atomic E-state index is 0.281. The van der Waals surface area contributed by atoms with Gasteiger partial charge in [-0.05, 0) is 26.2 Å². The second-order valence-corrected chi connectivity index (χ2v) is 7.53. The maximum Gasteiger partial charge on any atom is 0.124 e. The minimum Gasteiger partial charge on any atom is -0.508 e. The van der Waals surface area contributed by atoms with Gasteiger partial charge in [-0.15, -0.1) is 0 Å². The average Bonchev–Trinajstić information content (AvgIpc) is 2.68. The number of phenols is 3. The number of hydrogen-bond donors (Lipinski definition) is 3. The second-order valence-electron chi connectivity index (χ2n) is 7.53. The van der Waals surface area contributed by atoms with Crippen molar-refractivity contribution < 1.29 is 15.3 Å². The molecule has 0 bridgehead atoms. The third-order valence-corrected chi connectivity index (χ3v) is 4.95. The molecule has 3 aromatic carbocycles. The van der Waals surface area contributed by atoms with Gasteiger partial charge in [0.15, 0.2) is 0 Å². The highest BCUT2D eigenvalue weighted by Crippen LogP contribution is 2.27. The van der Waals surface area contributed by atoms with Crippen molar-refractivity contribution in [2.75, 3.05) is 14.1 Å². The third kappa shape index (κ3) is 5.50. The molecule has 0 fully saturated rings. The first-order valence-electron chi connectivity index (χ1n) is 9.64. The number of rotatable bonds is 8. The van der Waals surface area contributed by atoms with Crippen molar-refractivity contribution in [2.45, 2.75) is 26.2 Å². The van der Waals surface area contributed by atoms with Crippen LogP contribution in [0.5, 0.6) is 17.2 Å². The maximum atomic E-state index is 10.8. The van der Waals surface area contributed by atoms with Crippen molar-refractivity contribution >= 4 is 0 Å². The Bertz CT molecular complexity index is 885. The molecule has 0 aliphatic rings. The molecule has 5 heteroatoms. The second kappa shape index (κ2) is 9.45. The summed E-state index contributed by atoms with van der Waals surface area (Å²) in [6.45, 7) is 2.31. The monoisotopic (exact) mass is 392 g/mol. The summed E-state index contributed by atoms with van der Waals surface area (Å²) in [6, 6.07) is 20.4. The molecule has 152 valence electrons. The van der Waals surface area contributed by atoms with Crippen LogP contribution in [0.4, 0.5) is 0 Å². The molecule has 0 unspecified atom stereocenters. The summed E-state index contributed by atoms with van der Waals surface area (Å²) in [6.07, 6.45) is 0. The van der Waals surface area contributed by atoms with Crippen LogP contribution in [0.2, 0.25) is 0 Å². The lowest BCUT2D eigenvalue weighted by atomic mass is 10.1. The van der Waals surface area contributed by atoms with E-state index in [1.807, 2.05) is 56.6 Å². The first-order chi connectivity index (χ1) is 13.9. The SMILES string of the molecule is CN(Cc1ccccc1O)Cc1cccc(CN(C)Cc2ccccc2O)c1O. The molecule has 0 heterocycles. The van der Waals surface area contributed by atoms with Crippen LogP contribution in [0.25, 0.3) is 0 Å². The summed E-state index contributed by atoms with van der Waals surface area (Å²) < 4.78 is 0. The number of benzene rings is 3. The van der Waals surface area contributed by atoms with Crippen LogP contribution in [0.3, 0.4) is 0 Å². The van der Waals surface area contributed by atoms with Gasteiger partial charge in [-0.3, -0.25) is 9.80 Å². The summed E-state index contributed by atoms with van der Waals surface area (Å²) in [5, 5.41) is 30.7. The van der Waals surface area contributed by atoms with Crippen molar-refractivity contribution in [3.8, 4) is 17.2 Å². The van der Waals surface area contributed by atoms with Crippen LogP contribution in [0.1, 0.15) is 22.3 Å². The summed E-state index contributed by atoms with van der Waals surface area (Å²) in [4.78, 5) is 4.11. The normalized spacial score (nSPS) is 11.3. The molecule has 0 aromatic heterocycles. The third-order valence-electron chi connectivity index (χ3n) is 4.95. The number of nitrogens with zero attached hydrogens (tertiary/aromatic N) is 2. The molecule has 0 saturated heterocycles. The van der Waals surface area contributed by atoms with Crippen molar-refractivity contribution in [2.24, 2.45) is 0 Å². The molecule has 5 nitrogen and oxygen atoms in total. The van der Waals surface area contributed by atoms with Gasteiger partial charge < -0.3 is 15.3 Å². The molecule has 0 radical (unpaired) electrons. The molecule has 0 amide bonds. The fourth-order valence-corrected chi connectivity index (χ4v) is 3.46. The van der Waals surface area contributed by atoms with E-state index in [0.29, 0.717) is 31.9 Å². The van der Waals surface area contributed by atoms with Crippen LogP contribution in [-0.4, -0.2) is 39.2 Å². The number of aromatic hydroxyl groups is 3. The van der Waals surface area contributed by atoms with Crippen LogP contribution >= 0.6 is 0 Å². The van der Waals surface area contributed by atoms with Crippen LogP contribution < -0.4 is 0 Å². The van der Waals surface area contributed by atoms with Crippen LogP contribution in [0.15, 0.2) is 66.7 Å². The van der Waals surface area contributed by atoms with E-state index in [1.54, 1.807) is 24.3 Å².